The third-order valence-electron chi connectivity index (χ3n) is 2.83. The maximum Gasteiger partial charge on any atom is 0.217 e. The van der Waals surface area contributed by atoms with Gasteiger partial charge in [-0.2, -0.15) is 0 Å². The van der Waals surface area contributed by atoms with Gasteiger partial charge >= 0.3 is 0 Å². The second-order valence-electron chi connectivity index (χ2n) is 4.17. The number of amides is 1. The molecule has 14 heavy (non-hydrogen) atoms. The van der Waals surface area contributed by atoms with Crippen molar-refractivity contribution in [2.75, 3.05) is 19.6 Å². The number of rotatable bonds is 4. The van der Waals surface area contributed by atoms with Gasteiger partial charge in [0.25, 0.3) is 0 Å². The Hall–Kier alpha value is -0.570. The molecule has 1 fully saturated rings. The molecule has 1 aliphatic heterocycles. The van der Waals surface area contributed by atoms with Gasteiger partial charge in [0.05, 0.1) is 0 Å². The first kappa shape index (κ1) is 11.5. The highest BCUT2D eigenvalue weighted by molar-refractivity contribution is 5.73. The van der Waals surface area contributed by atoms with Crippen molar-refractivity contribution in [1.82, 2.24) is 10.2 Å². The number of piperidine rings is 1. The van der Waals surface area contributed by atoms with Crippen LogP contribution in [0.5, 0.6) is 0 Å². The van der Waals surface area contributed by atoms with Crippen molar-refractivity contribution in [3.05, 3.63) is 0 Å². The summed E-state index contributed by atoms with van der Waals surface area (Å²) in [7, 11) is 0. The summed E-state index contributed by atoms with van der Waals surface area (Å²) in [5.41, 5.74) is 0. The van der Waals surface area contributed by atoms with E-state index >= 15 is 0 Å². The molecule has 1 heterocycles. The van der Waals surface area contributed by atoms with Crippen LogP contribution in [0.1, 0.15) is 39.5 Å². The SMILES string of the molecule is CCC(CN1CCCCC1)NC(C)=O. The highest BCUT2D eigenvalue weighted by Gasteiger charge is 2.15. The molecule has 0 saturated carbocycles. The van der Waals surface area contributed by atoms with Gasteiger partial charge in [-0.1, -0.05) is 13.3 Å². The molecule has 0 aromatic carbocycles. The van der Waals surface area contributed by atoms with Crippen LogP contribution in [0.25, 0.3) is 0 Å². The van der Waals surface area contributed by atoms with Crippen LogP contribution in [-0.4, -0.2) is 36.5 Å². The fourth-order valence-electron chi connectivity index (χ4n) is 2.02. The van der Waals surface area contributed by atoms with Gasteiger partial charge in [0, 0.05) is 19.5 Å². The highest BCUT2D eigenvalue weighted by Crippen LogP contribution is 2.09. The molecule has 1 N–H and O–H groups in total. The Morgan fingerprint density at radius 3 is 2.50 bits per heavy atom. The van der Waals surface area contributed by atoms with Crippen LogP contribution in [-0.2, 0) is 4.79 Å². The predicted octanol–water partition coefficient (Wildman–Crippen LogP) is 1.39. The smallest absolute Gasteiger partial charge is 0.217 e. The van der Waals surface area contributed by atoms with E-state index in [1.165, 1.54) is 32.4 Å². The van der Waals surface area contributed by atoms with Gasteiger partial charge in [-0.25, -0.2) is 0 Å². The Bertz CT molecular complexity index is 176. The number of likely N-dealkylation sites (tertiary alicyclic amines) is 1. The van der Waals surface area contributed by atoms with Gasteiger partial charge in [-0.05, 0) is 32.4 Å². The first-order valence-electron chi connectivity index (χ1n) is 5.72. The van der Waals surface area contributed by atoms with E-state index in [4.69, 9.17) is 0 Å². The quantitative estimate of drug-likeness (QED) is 0.740. The Kier molecular flexibility index (Phi) is 4.94. The van der Waals surface area contributed by atoms with Crippen molar-refractivity contribution in [1.29, 1.82) is 0 Å². The molecular weight excluding hydrogens is 176 g/mol. The standard InChI is InChI=1S/C11H22N2O/c1-3-11(12-10(2)14)9-13-7-5-4-6-8-13/h11H,3-9H2,1-2H3,(H,12,14). The summed E-state index contributed by atoms with van der Waals surface area (Å²) < 4.78 is 0. The van der Waals surface area contributed by atoms with Crippen LogP contribution >= 0.6 is 0 Å². The number of hydrogen-bond donors (Lipinski definition) is 1. The molecule has 3 nitrogen and oxygen atoms in total. The summed E-state index contributed by atoms with van der Waals surface area (Å²) in [4.78, 5) is 13.4. The van der Waals surface area contributed by atoms with Crippen LogP contribution in [0.4, 0.5) is 0 Å². The van der Waals surface area contributed by atoms with Crippen molar-refractivity contribution in [2.45, 2.75) is 45.6 Å². The van der Waals surface area contributed by atoms with Crippen LogP contribution in [0.3, 0.4) is 0 Å². The Labute approximate surface area is 86.9 Å². The van der Waals surface area contributed by atoms with Crippen molar-refractivity contribution in [3.8, 4) is 0 Å². The lowest BCUT2D eigenvalue weighted by molar-refractivity contribution is -0.119. The molecule has 1 atom stereocenters. The fraction of sp³-hybridized carbons (Fsp3) is 0.909. The number of nitrogens with one attached hydrogen (secondary N) is 1. The molecule has 0 aromatic rings. The Balaban J connectivity index is 2.27. The molecule has 1 rings (SSSR count). The maximum atomic E-state index is 10.9. The van der Waals surface area contributed by atoms with E-state index in [2.05, 4.69) is 17.1 Å². The average Bonchev–Trinajstić information content (AvgIpc) is 2.17. The summed E-state index contributed by atoms with van der Waals surface area (Å²) >= 11 is 0. The molecule has 0 aliphatic carbocycles. The molecule has 0 radical (unpaired) electrons. The van der Waals surface area contributed by atoms with Gasteiger partial charge in [0.1, 0.15) is 0 Å². The summed E-state index contributed by atoms with van der Waals surface area (Å²) in [5.74, 6) is 0.0915. The van der Waals surface area contributed by atoms with E-state index in [0.29, 0.717) is 6.04 Å². The molecule has 1 aliphatic rings. The lowest BCUT2D eigenvalue weighted by atomic mass is 10.1. The molecule has 1 amide bonds. The highest BCUT2D eigenvalue weighted by atomic mass is 16.1. The molecule has 0 spiro atoms. The molecular formula is C11H22N2O. The Morgan fingerprint density at radius 1 is 1.36 bits per heavy atom. The lowest BCUT2D eigenvalue weighted by Gasteiger charge is -2.30. The summed E-state index contributed by atoms with van der Waals surface area (Å²) in [5, 5.41) is 3.00. The largest absolute Gasteiger partial charge is 0.352 e. The number of hydrogen-bond acceptors (Lipinski definition) is 2. The van der Waals surface area contributed by atoms with E-state index in [-0.39, 0.29) is 5.91 Å². The molecule has 0 bridgehead atoms. The topological polar surface area (TPSA) is 32.3 Å². The Morgan fingerprint density at radius 2 is 2.00 bits per heavy atom. The minimum Gasteiger partial charge on any atom is -0.352 e. The van der Waals surface area contributed by atoms with Gasteiger partial charge < -0.3 is 10.2 Å². The van der Waals surface area contributed by atoms with Crippen molar-refractivity contribution in [3.63, 3.8) is 0 Å². The lowest BCUT2D eigenvalue weighted by Crippen LogP contribution is -2.44. The number of carbonyl (C=O) groups is 1. The van der Waals surface area contributed by atoms with Crippen molar-refractivity contribution in [2.24, 2.45) is 0 Å². The third kappa shape index (κ3) is 4.09. The van der Waals surface area contributed by atoms with E-state index in [9.17, 15) is 4.79 Å². The van der Waals surface area contributed by atoms with E-state index in [1.807, 2.05) is 0 Å². The number of carbonyl (C=O) groups excluding carboxylic acids is 1. The van der Waals surface area contributed by atoms with Crippen LogP contribution < -0.4 is 5.32 Å². The van der Waals surface area contributed by atoms with Crippen molar-refractivity contribution >= 4 is 5.91 Å². The van der Waals surface area contributed by atoms with Gasteiger partial charge in [0.15, 0.2) is 0 Å². The molecule has 1 unspecified atom stereocenters. The fourth-order valence-corrected chi connectivity index (χ4v) is 2.02. The van der Waals surface area contributed by atoms with E-state index < -0.39 is 0 Å². The normalized spacial score (nSPS) is 20.4. The maximum absolute atomic E-state index is 10.9. The molecule has 0 aromatic heterocycles. The van der Waals surface area contributed by atoms with Crippen molar-refractivity contribution < 1.29 is 4.79 Å². The first-order valence-corrected chi connectivity index (χ1v) is 5.72. The van der Waals surface area contributed by atoms with Crippen LogP contribution in [0.2, 0.25) is 0 Å². The summed E-state index contributed by atoms with van der Waals surface area (Å²) in [6.07, 6.45) is 5.02. The number of nitrogens with zero attached hydrogens (tertiary/aromatic N) is 1. The summed E-state index contributed by atoms with van der Waals surface area (Å²) in [6, 6.07) is 0.339. The minimum absolute atomic E-state index is 0.0915. The zero-order chi connectivity index (χ0) is 10.4. The first-order chi connectivity index (χ1) is 6.72. The van der Waals surface area contributed by atoms with E-state index in [1.54, 1.807) is 6.92 Å². The van der Waals surface area contributed by atoms with Crippen LogP contribution in [0, 0.1) is 0 Å². The zero-order valence-corrected chi connectivity index (χ0v) is 9.38. The zero-order valence-electron chi connectivity index (χ0n) is 9.38. The van der Waals surface area contributed by atoms with Gasteiger partial charge in [-0.15, -0.1) is 0 Å². The summed E-state index contributed by atoms with van der Waals surface area (Å²) in [6.45, 7) is 7.16. The molecule has 82 valence electrons. The van der Waals surface area contributed by atoms with Gasteiger partial charge in [0.2, 0.25) is 5.91 Å². The minimum atomic E-state index is 0.0915. The molecule has 3 heteroatoms. The molecule has 1 saturated heterocycles. The van der Waals surface area contributed by atoms with E-state index in [0.717, 1.165) is 13.0 Å². The second-order valence-corrected chi connectivity index (χ2v) is 4.17. The predicted molar refractivity (Wildman–Crippen MR) is 58.2 cm³/mol. The van der Waals surface area contributed by atoms with Crippen LogP contribution in [0.15, 0.2) is 0 Å². The monoisotopic (exact) mass is 198 g/mol. The second kappa shape index (κ2) is 6.02. The average molecular weight is 198 g/mol. The van der Waals surface area contributed by atoms with Gasteiger partial charge in [-0.3, -0.25) is 4.79 Å². The third-order valence-corrected chi connectivity index (χ3v) is 2.83.